The van der Waals surface area contributed by atoms with Crippen LogP contribution in [0.5, 0.6) is 0 Å². The molecule has 0 saturated heterocycles. The number of fused-ring (bicyclic) bond motifs is 2. The highest BCUT2D eigenvalue weighted by Crippen LogP contribution is 2.50. The fourth-order valence-electron chi connectivity index (χ4n) is 3.60. The Labute approximate surface area is 93.1 Å². The second kappa shape index (κ2) is 5.13. The van der Waals surface area contributed by atoms with Crippen LogP contribution in [0.3, 0.4) is 0 Å². The van der Waals surface area contributed by atoms with E-state index in [-0.39, 0.29) is 0 Å². The van der Waals surface area contributed by atoms with Gasteiger partial charge in [0.1, 0.15) is 0 Å². The van der Waals surface area contributed by atoms with Gasteiger partial charge in [0.2, 0.25) is 0 Å². The van der Waals surface area contributed by atoms with Crippen LogP contribution in [-0.2, 0) is 0 Å². The largest absolute Gasteiger partial charge is 0.330 e. The van der Waals surface area contributed by atoms with Crippen molar-refractivity contribution in [2.75, 3.05) is 13.1 Å². The van der Waals surface area contributed by atoms with Gasteiger partial charge in [0.05, 0.1) is 0 Å². The molecule has 0 spiro atoms. The standard InChI is InChI=1S/C13H24N2/c14-7-2-1-3-12-10-4-5-11(9-10)13(12)6-8-15/h4-5,10-13H,1-3,6-9,14-15H2. The van der Waals surface area contributed by atoms with Crippen LogP contribution in [0.1, 0.15) is 32.1 Å². The van der Waals surface area contributed by atoms with Crippen molar-refractivity contribution in [1.82, 2.24) is 0 Å². The van der Waals surface area contributed by atoms with Crippen LogP contribution >= 0.6 is 0 Å². The Morgan fingerprint density at radius 2 is 1.53 bits per heavy atom. The van der Waals surface area contributed by atoms with Crippen molar-refractivity contribution in [3.05, 3.63) is 12.2 Å². The van der Waals surface area contributed by atoms with Crippen molar-refractivity contribution in [3.8, 4) is 0 Å². The highest BCUT2D eigenvalue weighted by atomic mass is 14.6. The van der Waals surface area contributed by atoms with E-state index in [0.717, 1.165) is 36.8 Å². The molecule has 0 aromatic carbocycles. The highest BCUT2D eigenvalue weighted by molar-refractivity contribution is 5.13. The first-order chi connectivity index (χ1) is 7.36. The lowest BCUT2D eigenvalue weighted by Crippen LogP contribution is -2.22. The molecule has 0 aliphatic heterocycles. The van der Waals surface area contributed by atoms with Gasteiger partial charge in [-0.3, -0.25) is 0 Å². The molecule has 2 aliphatic carbocycles. The summed E-state index contributed by atoms with van der Waals surface area (Å²) in [5.41, 5.74) is 11.3. The first kappa shape index (κ1) is 11.2. The molecule has 0 aromatic rings. The predicted octanol–water partition coefficient (Wildman–Crippen LogP) is 1.90. The molecule has 4 unspecified atom stereocenters. The van der Waals surface area contributed by atoms with Crippen molar-refractivity contribution in [1.29, 1.82) is 0 Å². The van der Waals surface area contributed by atoms with E-state index >= 15 is 0 Å². The monoisotopic (exact) mass is 208 g/mol. The van der Waals surface area contributed by atoms with Crippen LogP contribution in [0, 0.1) is 23.7 Å². The molecule has 0 amide bonds. The first-order valence-electron chi connectivity index (χ1n) is 6.45. The van der Waals surface area contributed by atoms with Crippen molar-refractivity contribution in [3.63, 3.8) is 0 Å². The molecule has 4 atom stereocenters. The molecule has 0 radical (unpaired) electrons. The minimum atomic E-state index is 0.845. The predicted molar refractivity (Wildman–Crippen MR) is 64.3 cm³/mol. The van der Waals surface area contributed by atoms with Gasteiger partial charge in [-0.05, 0) is 62.4 Å². The summed E-state index contributed by atoms with van der Waals surface area (Å²) in [5, 5.41) is 0. The number of hydrogen-bond donors (Lipinski definition) is 2. The fourth-order valence-corrected chi connectivity index (χ4v) is 3.60. The third kappa shape index (κ3) is 2.26. The fraction of sp³-hybridized carbons (Fsp3) is 0.846. The van der Waals surface area contributed by atoms with Gasteiger partial charge in [0.25, 0.3) is 0 Å². The van der Waals surface area contributed by atoms with E-state index in [2.05, 4.69) is 12.2 Å². The second-order valence-electron chi connectivity index (χ2n) is 5.14. The minimum Gasteiger partial charge on any atom is -0.330 e. The maximum Gasteiger partial charge on any atom is -0.00743 e. The molecule has 1 fully saturated rings. The number of nitrogens with two attached hydrogens (primary N) is 2. The molecule has 4 N–H and O–H groups in total. The van der Waals surface area contributed by atoms with Crippen LogP contribution in [0.25, 0.3) is 0 Å². The number of allylic oxidation sites excluding steroid dienone is 2. The number of hydrogen-bond acceptors (Lipinski definition) is 2. The van der Waals surface area contributed by atoms with Crippen LogP contribution in [-0.4, -0.2) is 13.1 Å². The molecular weight excluding hydrogens is 184 g/mol. The average molecular weight is 208 g/mol. The van der Waals surface area contributed by atoms with Gasteiger partial charge in [-0.2, -0.15) is 0 Å². The summed E-state index contributed by atoms with van der Waals surface area (Å²) < 4.78 is 0. The Hall–Kier alpha value is -0.340. The Morgan fingerprint density at radius 1 is 0.867 bits per heavy atom. The quantitative estimate of drug-likeness (QED) is 0.517. The number of unbranched alkanes of at least 4 members (excludes halogenated alkanes) is 1. The van der Waals surface area contributed by atoms with Crippen molar-refractivity contribution >= 4 is 0 Å². The van der Waals surface area contributed by atoms with Crippen LogP contribution in [0.4, 0.5) is 0 Å². The molecule has 2 aliphatic rings. The molecule has 86 valence electrons. The van der Waals surface area contributed by atoms with E-state index in [1.807, 2.05) is 0 Å². The SMILES string of the molecule is NCCCCC1C2C=CC(C2)C1CCN. The lowest BCUT2D eigenvalue weighted by Gasteiger charge is -2.27. The van der Waals surface area contributed by atoms with Gasteiger partial charge in [-0.15, -0.1) is 0 Å². The molecule has 0 aromatic heterocycles. The molecule has 15 heavy (non-hydrogen) atoms. The molecule has 0 heterocycles. The molecule has 2 heteroatoms. The second-order valence-corrected chi connectivity index (χ2v) is 5.14. The van der Waals surface area contributed by atoms with Crippen molar-refractivity contribution < 1.29 is 0 Å². The van der Waals surface area contributed by atoms with Crippen molar-refractivity contribution in [2.45, 2.75) is 32.1 Å². The summed E-state index contributed by atoms with van der Waals surface area (Å²) in [5.74, 6) is 3.50. The normalized spacial score (nSPS) is 37.7. The van der Waals surface area contributed by atoms with Gasteiger partial charge >= 0.3 is 0 Å². The lowest BCUT2D eigenvalue weighted by atomic mass is 9.78. The van der Waals surface area contributed by atoms with Crippen molar-refractivity contribution in [2.24, 2.45) is 35.1 Å². The zero-order valence-corrected chi connectivity index (χ0v) is 9.57. The Morgan fingerprint density at radius 3 is 2.13 bits per heavy atom. The molecular formula is C13H24N2. The van der Waals surface area contributed by atoms with Gasteiger partial charge < -0.3 is 11.5 Å². The van der Waals surface area contributed by atoms with Gasteiger partial charge in [0, 0.05) is 0 Å². The zero-order chi connectivity index (χ0) is 10.7. The average Bonchev–Trinajstić information content (AvgIpc) is 2.81. The Balaban J connectivity index is 1.87. The van der Waals surface area contributed by atoms with Gasteiger partial charge in [-0.25, -0.2) is 0 Å². The molecule has 2 bridgehead atoms. The van der Waals surface area contributed by atoms with E-state index in [1.54, 1.807) is 0 Å². The molecule has 2 rings (SSSR count). The molecule has 1 saturated carbocycles. The van der Waals surface area contributed by atoms with Gasteiger partial charge in [0.15, 0.2) is 0 Å². The smallest absolute Gasteiger partial charge is 0.00743 e. The summed E-state index contributed by atoms with van der Waals surface area (Å²) in [6.07, 6.45) is 11.4. The summed E-state index contributed by atoms with van der Waals surface area (Å²) in [6.45, 7) is 1.70. The van der Waals surface area contributed by atoms with Gasteiger partial charge in [-0.1, -0.05) is 18.6 Å². The van der Waals surface area contributed by atoms with E-state index in [9.17, 15) is 0 Å². The maximum absolute atomic E-state index is 5.71. The Bertz CT molecular complexity index is 225. The summed E-state index contributed by atoms with van der Waals surface area (Å²) >= 11 is 0. The van der Waals surface area contributed by atoms with E-state index < -0.39 is 0 Å². The highest BCUT2D eigenvalue weighted by Gasteiger charge is 2.42. The van der Waals surface area contributed by atoms with Crippen LogP contribution in [0.2, 0.25) is 0 Å². The van der Waals surface area contributed by atoms with E-state index in [0.29, 0.717) is 0 Å². The summed E-state index contributed by atoms with van der Waals surface area (Å²) in [7, 11) is 0. The van der Waals surface area contributed by atoms with E-state index in [1.165, 1.54) is 32.1 Å². The molecule has 2 nitrogen and oxygen atoms in total. The zero-order valence-electron chi connectivity index (χ0n) is 9.57. The third-order valence-corrected chi connectivity index (χ3v) is 4.29. The van der Waals surface area contributed by atoms with E-state index in [4.69, 9.17) is 11.5 Å². The first-order valence-corrected chi connectivity index (χ1v) is 6.45. The lowest BCUT2D eigenvalue weighted by molar-refractivity contribution is 0.272. The summed E-state index contributed by atoms with van der Waals surface area (Å²) in [6, 6.07) is 0. The number of rotatable bonds is 6. The third-order valence-electron chi connectivity index (χ3n) is 4.29. The van der Waals surface area contributed by atoms with Crippen LogP contribution < -0.4 is 11.5 Å². The Kier molecular flexibility index (Phi) is 3.81. The maximum atomic E-state index is 5.71. The van der Waals surface area contributed by atoms with Crippen LogP contribution in [0.15, 0.2) is 12.2 Å². The summed E-state index contributed by atoms with van der Waals surface area (Å²) in [4.78, 5) is 0. The minimum absolute atomic E-state index is 0.845. The topological polar surface area (TPSA) is 52.0 Å².